The Morgan fingerprint density at radius 1 is 1.35 bits per heavy atom. The van der Waals surface area contributed by atoms with Crippen LogP contribution in [-0.2, 0) is 4.79 Å². The van der Waals surface area contributed by atoms with Gasteiger partial charge in [0.1, 0.15) is 11.5 Å². The van der Waals surface area contributed by atoms with E-state index in [0.717, 1.165) is 18.2 Å². The zero-order valence-electron chi connectivity index (χ0n) is 10.6. The molecule has 1 atom stereocenters. The van der Waals surface area contributed by atoms with Crippen molar-refractivity contribution in [2.24, 2.45) is 5.92 Å². The Morgan fingerprint density at radius 2 is 1.95 bits per heavy atom. The molecule has 1 aromatic carbocycles. The van der Waals surface area contributed by atoms with Crippen LogP contribution in [0.15, 0.2) is 18.2 Å². The summed E-state index contributed by atoms with van der Waals surface area (Å²) in [6, 6.07) is 3.03. The van der Waals surface area contributed by atoms with Crippen LogP contribution >= 0.6 is 11.6 Å². The van der Waals surface area contributed by atoms with Gasteiger partial charge in [0.15, 0.2) is 6.10 Å². The Bertz CT molecular complexity index is 488. The molecule has 1 aromatic rings. The molecule has 20 heavy (non-hydrogen) atoms. The normalized spacial score (nSPS) is 13.2. The number of hydrogen-bond acceptors (Lipinski definition) is 3. The summed E-state index contributed by atoms with van der Waals surface area (Å²) >= 11 is 5.75. The maximum absolute atomic E-state index is 12.0. The van der Waals surface area contributed by atoms with Gasteiger partial charge in [-0.2, -0.15) is 0 Å². The molecule has 0 aliphatic heterocycles. The van der Waals surface area contributed by atoms with E-state index in [0.29, 0.717) is 0 Å². The second kappa shape index (κ2) is 6.21. The molecule has 1 unspecified atom stereocenters. The molecular formula is C12H12ClF3O4. The lowest BCUT2D eigenvalue weighted by atomic mass is 10.1. The van der Waals surface area contributed by atoms with Crippen molar-refractivity contribution in [3.63, 3.8) is 0 Å². The van der Waals surface area contributed by atoms with E-state index >= 15 is 0 Å². The van der Waals surface area contributed by atoms with Gasteiger partial charge in [0.2, 0.25) is 0 Å². The van der Waals surface area contributed by atoms with Gasteiger partial charge >= 0.3 is 12.3 Å². The van der Waals surface area contributed by atoms with Gasteiger partial charge in [-0.25, -0.2) is 4.79 Å². The first-order valence-electron chi connectivity index (χ1n) is 5.55. The highest BCUT2D eigenvalue weighted by Gasteiger charge is 2.31. The van der Waals surface area contributed by atoms with Crippen molar-refractivity contribution in [2.45, 2.75) is 26.3 Å². The first kappa shape index (κ1) is 16.4. The van der Waals surface area contributed by atoms with Gasteiger partial charge in [-0.05, 0) is 12.1 Å². The summed E-state index contributed by atoms with van der Waals surface area (Å²) in [5.74, 6) is -2.06. The van der Waals surface area contributed by atoms with Crippen molar-refractivity contribution >= 4 is 17.6 Å². The Kier molecular flexibility index (Phi) is 5.10. The van der Waals surface area contributed by atoms with E-state index in [1.165, 1.54) is 0 Å². The molecule has 0 radical (unpaired) electrons. The minimum Gasteiger partial charge on any atom is -0.478 e. The second-order valence-electron chi connectivity index (χ2n) is 4.26. The number of alkyl halides is 3. The van der Waals surface area contributed by atoms with Gasteiger partial charge in [0.25, 0.3) is 0 Å². The van der Waals surface area contributed by atoms with Gasteiger partial charge < -0.3 is 14.6 Å². The standard InChI is InChI=1S/C12H12ClF3O4/c1-6(2)10(11(17)18)19-9-4-3-7(5-8(9)13)20-12(14,15)16/h3-6,10H,1-2H3,(H,17,18). The molecule has 1 N–H and O–H groups in total. The Morgan fingerprint density at radius 3 is 2.35 bits per heavy atom. The van der Waals surface area contributed by atoms with Crippen LogP contribution in [0, 0.1) is 5.92 Å². The molecule has 0 fully saturated rings. The molecule has 1 rings (SSSR count). The summed E-state index contributed by atoms with van der Waals surface area (Å²) in [4.78, 5) is 11.0. The number of rotatable bonds is 5. The number of halogens is 4. The fourth-order valence-corrected chi connectivity index (χ4v) is 1.60. The lowest BCUT2D eigenvalue weighted by Crippen LogP contribution is -2.32. The zero-order chi connectivity index (χ0) is 15.5. The number of ether oxygens (including phenoxy) is 2. The minimum absolute atomic E-state index is 0.0257. The molecule has 0 aliphatic carbocycles. The van der Waals surface area contributed by atoms with Gasteiger partial charge in [0, 0.05) is 12.0 Å². The molecular weight excluding hydrogens is 301 g/mol. The first-order valence-corrected chi connectivity index (χ1v) is 5.92. The van der Waals surface area contributed by atoms with Crippen LogP contribution in [0.4, 0.5) is 13.2 Å². The van der Waals surface area contributed by atoms with E-state index in [1.54, 1.807) is 13.8 Å². The largest absolute Gasteiger partial charge is 0.573 e. The van der Waals surface area contributed by atoms with Crippen LogP contribution in [0.3, 0.4) is 0 Å². The third-order valence-electron chi connectivity index (χ3n) is 2.24. The maximum atomic E-state index is 12.0. The minimum atomic E-state index is -4.83. The SMILES string of the molecule is CC(C)C(Oc1ccc(OC(F)(F)F)cc1Cl)C(=O)O. The fraction of sp³-hybridized carbons (Fsp3) is 0.417. The van der Waals surface area contributed by atoms with E-state index in [4.69, 9.17) is 21.4 Å². The average Bonchev–Trinajstić information content (AvgIpc) is 2.24. The lowest BCUT2D eigenvalue weighted by Gasteiger charge is -2.19. The van der Waals surface area contributed by atoms with E-state index in [2.05, 4.69) is 4.74 Å². The highest BCUT2D eigenvalue weighted by molar-refractivity contribution is 6.32. The van der Waals surface area contributed by atoms with Crippen molar-refractivity contribution in [3.05, 3.63) is 23.2 Å². The van der Waals surface area contributed by atoms with Crippen molar-refractivity contribution in [2.75, 3.05) is 0 Å². The Hall–Kier alpha value is -1.63. The first-order chi connectivity index (χ1) is 9.10. The van der Waals surface area contributed by atoms with Gasteiger partial charge in [-0.3, -0.25) is 0 Å². The molecule has 0 amide bonds. The molecule has 112 valence electrons. The zero-order valence-corrected chi connectivity index (χ0v) is 11.3. The van der Waals surface area contributed by atoms with Crippen LogP contribution in [0.2, 0.25) is 5.02 Å². The van der Waals surface area contributed by atoms with Crippen LogP contribution < -0.4 is 9.47 Å². The topological polar surface area (TPSA) is 55.8 Å². The predicted molar refractivity (Wildman–Crippen MR) is 65.0 cm³/mol. The van der Waals surface area contributed by atoms with E-state index in [9.17, 15) is 18.0 Å². The van der Waals surface area contributed by atoms with Gasteiger partial charge in [-0.15, -0.1) is 13.2 Å². The third-order valence-corrected chi connectivity index (χ3v) is 2.54. The summed E-state index contributed by atoms with van der Waals surface area (Å²) in [6.45, 7) is 3.27. The molecule has 0 aliphatic rings. The molecule has 8 heteroatoms. The van der Waals surface area contributed by atoms with Crippen LogP contribution in [0.5, 0.6) is 11.5 Å². The molecule has 0 bridgehead atoms. The summed E-state index contributed by atoms with van der Waals surface area (Å²) in [7, 11) is 0. The smallest absolute Gasteiger partial charge is 0.478 e. The van der Waals surface area contributed by atoms with Crippen LogP contribution in [-0.4, -0.2) is 23.5 Å². The molecule has 0 saturated heterocycles. The van der Waals surface area contributed by atoms with E-state index < -0.39 is 24.2 Å². The molecule has 4 nitrogen and oxygen atoms in total. The van der Waals surface area contributed by atoms with Crippen molar-refractivity contribution < 1.29 is 32.5 Å². The average molecular weight is 313 g/mol. The second-order valence-corrected chi connectivity index (χ2v) is 4.67. The van der Waals surface area contributed by atoms with Crippen molar-refractivity contribution in [1.82, 2.24) is 0 Å². The number of carboxylic acids is 1. The summed E-state index contributed by atoms with van der Waals surface area (Å²) < 4.78 is 44.9. The predicted octanol–water partition coefficient (Wildman–Crippen LogP) is 3.73. The monoisotopic (exact) mass is 312 g/mol. The summed E-state index contributed by atoms with van der Waals surface area (Å²) in [6.07, 6.45) is -5.98. The van der Waals surface area contributed by atoms with Gasteiger partial charge in [0.05, 0.1) is 5.02 Å². The fourth-order valence-electron chi connectivity index (χ4n) is 1.38. The number of carboxylic acid groups (broad SMARTS) is 1. The highest BCUT2D eigenvalue weighted by Crippen LogP contribution is 2.32. The van der Waals surface area contributed by atoms with Crippen molar-refractivity contribution in [3.8, 4) is 11.5 Å². The third kappa shape index (κ3) is 4.80. The molecule has 0 saturated carbocycles. The number of aliphatic carboxylic acids is 1. The highest BCUT2D eigenvalue weighted by atomic mass is 35.5. The maximum Gasteiger partial charge on any atom is 0.573 e. The Balaban J connectivity index is 2.90. The van der Waals surface area contributed by atoms with Crippen LogP contribution in [0.25, 0.3) is 0 Å². The van der Waals surface area contributed by atoms with E-state index in [1.807, 2.05) is 0 Å². The van der Waals surface area contributed by atoms with Crippen LogP contribution in [0.1, 0.15) is 13.8 Å². The summed E-state index contributed by atoms with van der Waals surface area (Å²) in [5.41, 5.74) is 0. The molecule has 0 aromatic heterocycles. The quantitative estimate of drug-likeness (QED) is 0.900. The molecule has 0 spiro atoms. The van der Waals surface area contributed by atoms with E-state index in [-0.39, 0.29) is 16.7 Å². The lowest BCUT2D eigenvalue weighted by molar-refractivity contribution is -0.274. The molecule has 0 heterocycles. The Labute approximate surface area is 118 Å². The van der Waals surface area contributed by atoms with Gasteiger partial charge in [-0.1, -0.05) is 25.4 Å². The van der Waals surface area contributed by atoms with Crippen molar-refractivity contribution in [1.29, 1.82) is 0 Å². The number of carbonyl (C=O) groups is 1. The number of hydrogen-bond donors (Lipinski definition) is 1. The number of benzene rings is 1. The summed E-state index contributed by atoms with van der Waals surface area (Å²) in [5, 5.41) is 8.79.